The van der Waals surface area contributed by atoms with Gasteiger partial charge in [0.15, 0.2) is 0 Å². The first-order chi connectivity index (χ1) is 9.33. The molecule has 102 valence electrons. The van der Waals surface area contributed by atoms with Gasteiger partial charge in [-0.25, -0.2) is 4.98 Å². The lowest BCUT2D eigenvalue weighted by Gasteiger charge is -2.30. The van der Waals surface area contributed by atoms with E-state index in [1.807, 2.05) is 12.3 Å². The number of nitrogens with zero attached hydrogens (tertiary/aromatic N) is 4. The molecule has 2 saturated heterocycles. The first kappa shape index (κ1) is 12.4. The monoisotopic (exact) mass is 260 g/mol. The number of carbonyl (C=O) groups is 1. The Morgan fingerprint density at radius 3 is 2.42 bits per heavy atom. The number of Topliss-reactive ketones (excluding diaryl/α,β-unsaturated/α-hetero) is 1. The first-order valence-electron chi connectivity index (χ1n) is 7.17. The molecule has 0 unspecified atom stereocenters. The van der Waals surface area contributed by atoms with E-state index in [4.69, 9.17) is 0 Å². The van der Waals surface area contributed by atoms with Crippen molar-refractivity contribution in [3.63, 3.8) is 0 Å². The van der Waals surface area contributed by atoms with Crippen LogP contribution in [0.4, 0.5) is 11.8 Å². The summed E-state index contributed by atoms with van der Waals surface area (Å²) in [6.45, 7) is 3.69. The summed E-state index contributed by atoms with van der Waals surface area (Å²) in [5.74, 6) is 2.15. The second-order valence-corrected chi connectivity index (χ2v) is 5.29. The van der Waals surface area contributed by atoms with Crippen LogP contribution in [-0.2, 0) is 4.79 Å². The minimum absolute atomic E-state index is 0.350. The molecule has 0 amide bonds. The fourth-order valence-electron chi connectivity index (χ4n) is 2.75. The molecule has 0 bridgehead atoms. The van der Waals surface area contributed by atoms with Gasteiger partial charge in [-0.1, -0.05) is 0 Å². The van der Waals surface area contributed by atoms with Crippen LogP contribution in [0.25, 0.3) is 0 Å². The van der Waals surface area contributed by atoms with Gasteiger partial charge < -0.3 is 9.80 Å². The van der Waals surface area contributed by atoms with Crippen molar-refractivity contribution in [3.8, 4) is 0 Å². The standard InChI is InChI=1S/C14H20N4O/c19-12-5-10-18(11-6-12)14-15-7-4-13(16-14)17-8-2-1-3-9-17/h4,7H,1-3,5-6,8-11H2. The largest absolute Gasteiger partial charge is 0.356 e. The molecule has 0 aromatic carbocycles. The van der Waals surface area contributed by atoms with Crippen molar-refractivity contribution in [2.24, 2.45) is 0 Å². The van der Waals surface area contributed by atoms with Crippen LogP contribution in [0.3, 0.4) is 0 Å². The molecule has 0 atom stereocenters. The molecular formula is C14H20N4O. The van der Waals surface area contributed by atoms with Gasteiger partial charge >= 0.3 is 0 Å². The Hall–Kier alpha value is -1.65. The van der Waals surface area contributed by atoms with E-state index in [1.165, 1.54) is 19.3 Å². The minimum Gasteiger partial charge on any atom is -0.356 e. The van der Waals surface area contributed by atoms with E-state index >= 15 is 0 Å². The van der Waals surface area contributed by atoms with Crippen molar-refractivity contribution in [2.45, 2.75) is 32.1 Å². The maximum absolute atomic E-state index is 11.3. The third-order valence-electron chi connectivity index (χ3n) is 3.91. The zero-order valence-electron chi connectivity index (χ0n) is 11.2. The normalized spacial score (nSPS) is 20.7. The average Bonchev–Trinajstić information content (AvgIpc) is 2.49. The molecule has 2 aliphatic rings. The fraction of sp³-hybridized carbons (Fsp3) is 0.643. The summed E-state index contributed by atoms with van der Waals surface area (Å²) in [6, 6.07) is 1.99. The lowest BCUT2D eigenvalue weighted by atomic mass is 10.1. The summed E-state index contributed by atoms with van der Waals surface area (Å²) >= 11 is 0. The molecular weight excluding hydrogens is 240 g/mol. The van der Waals surface area contributed by atoms with E-state index in [0.29, 0.717) is 18.6 Å². The van der Waals surface area contributed by atoms with Gasteiger partial charge in [-0.3, -0.25) is 4.79 Å². The van der Waals surface area contributed by atoms with E-state index in [-0.39, 0.29) is 0 Å². The summed E-state index contributed by atoms with van der Waals surface area (Å²) in [5.41, 5.74) is 0. The number of hydrogen-bond acceptors (Lipinski definition) is 5. The number of rotatable bonds is 2. The maximum atomic E-state index is 11.3. The Morgan fingerprint density at radius 2 is 1.68 bits per heavy atom. The van der Waals surface area contributed by atoms with Crippen molar-refractivity contribution in [3.05, 3.63) is 12.3 Å². The Labute approximate surface area is 113 Å². The summed E-state index contributed by atoms with van der Waals surface area (Å²) in [4.78, 5) is 24.8. The van der Waals surface area contributed by atoms with Crippen LogP contribution in [0.2, 0.25) is 0 Å². The van der Waals surface area contributed by atoms with E-state index < -0.39 is 0 Å². The lowest BCUT2D eigenvalue weighted by molar-refractivity contribution is -0.119. The zero-order chi connectivity index (χ0) is 13.1. The Kier molecular flexibility index (Phi) is 3.62. The molecule has 0 N–H and O–H groups in total. The highest BCUT2D eigenvalue weighted by Gasteiger charge is 2.19. The number of aromatic nitrogens is 2. The second kappa shape index (κ2) is 5.55. The molecule has 5 heteroatoms. The van der Waals surface area contributed by atoms with E-state index in [1.54, 1.807) is 0 Å². The maximum Gasteiger partial charge on any atom is 0.227 e. The van der Waals surface area contributed by atoms with Crippen LogP contribution in [-0.4, -0.2) is 41.9 Å². The number of hydrogen-bond donors (Lipinski definition) is 0. The van der Waals surface area contributed by atoms with Gasteiger partial charge in [0.1, 0.15) is 11.6 Å². The van der Waals surface area contributed by atoms with Crippen molar-refractivity contribution in [1.82, 2.24) is 9.97 Å². The highest BCUT2D eigenvalue weighted by atomic mass is 16.1. The van der Waals surface area contributed by atoms with Crippen LogP contribution in [0.5, 0.6) is 0 Å². The predicted molar refractivity (Wildman–Crippen MR) is 74.6 cm³/mol. The van der Waals surface area contributed by atoms with Gasteiger partial charge in [-0.2, -0.15) is 4.98 Å². The number of piperidine rings is 2. The molecule has 3 rings (SSSR count). The molecule has 1 aromatic rings. The summed E-state index contributed by atoms with van der Waals surface area (Å²) in [6.07, 6.45) is 6.90. The van der Waals surface area contributed by atoms with E-state index in [2.05, 4.69) is 19.8 Å². The predicted octanol–water partition coefficient (Wildman–Crippen LogP) is 1.64. The molecule has 1 aromatic heterocycles. The molecule has 5 nitrogen and oxygen atoms in total. The molecule has 0 aliphatic carbocycles. The molecule has 19 heavy (non-hydrogen) atoms. The highest BCUT2D eigenvalue weighted by molar-refractivity contribution is 5.80. The second-order valence-electron chi connectivity index (χ2n) is 5.29. The fourth-order valence-corrected chi connectivity index (χ4v) is 2.75. The first-order valence-corrected chi connectivity index (χ1v) is 7.17. The molecule has 2 aliphatic heterocycles. The summed E-state index contributed by atoms with van der Waals surface area (Å²) in [5, 5.41) is 0. The smallest absolute Gasteiger partial charge is 0.227 e. The summed E-state index contributed by atoms with van der Waals surface area (Å²) < 4.78 is 0. The number of ketones is 1. The Bertz CT molecular complexity index is 447. The van der Waals surface area contributed by atoms with Crippen molar-refractivity contribution >= 4 is 17.5 Å². The van der Waals surface area contributed by atoms with Crippen molar-refractivity contribution in [1.29, 1.82) is 0 Å². The minimum atomic E-state index is 0.350. The van der Waals surface area contributed by atoms with Crippen LogP contribution in [0.1, 0.15) is 32.1 Å². The SMILES string of the molecule is O=C1CCN(c2nccc(N3CCCCC3)n2)CC1. The number of carbonyl (C=O) groups excluding carboxylic acids is 1. The molecule has 0 radical (unpaired) electrons. The van der Waals surface area contributed by atoms with Gasteiger partial charge in [0.05, 0.1) is 0 Å². The van der Waals surface area contributed by atoms with Crippen LogP contribution in [0, 0.1) is 0 Å². The number of anilines is 2. The molecule has 0 saturated carbocycles. The third kappa shape index (κ3) is 2.85. The Balaban J connectivity index is 1.73. The van der Waals surface area contributed by atoms with Gasteiger partial charge in [-0.05, 0) is 25.3 Å². The lowest BCUT2D eigenvalue weighted by Crippen LogP contribution is -2.36. The van der Waals surface area contributed by atoms with Gasteiger partial charge in [0.25, 0.3) is 0 Å². The summed E-state index contributed by atoms with van der Waals surface area (Å²) in [7, 11) is 0. The van der Waals surface area contributed by atoms with Gasteiger partial charge in [-0.15, -0.1) is 0 Å². The van der Waals surface area contributed by atoms with Crippen LogP contribution >= 0.6 is 0 Å². The van der Waals surface area contributed by atoms with Crippen LogP contribution < -0.4 is 9.80 Å². The zero-order valence-corrected chi connectivity index (χ0v) is 11.2. The van der Waals surface area contributed by atoms with E-state index in [0.717, 1.165) is 37.9 Å². The van der Waals surface area contributed by atoms with Crippen molar-refractivity contribution in [2.75, 3.05) is 36.0 Å². The molecule has 2 fully saturated rings. The van der Waals surface area contributed by atoms with Crippen molar-refractivity contribution < 1.29 is 4.79 Å². The topological polar surface area (TPSA) is 49.3 Å². The molecule has 3 heterocycles. The highest BCUT2D eigenvalue weighted by Crippen LogP contribution is 2.20. The van der Waals surface area contributed by atoms with Crippen LogP contribution in [0.15, 0.2) is 12.3 Å². The van der Waals surface area contributed by atoms with Gasteiger partial charge in [0, 0.05) is 45.2 Å². The molecule has 0 spiro atoms. The average molecular weight is 260 g/mol. The third-order valence-corrected chi connectivity index (χ3v) is 3.91. The van der Waals surface area contributed by atoms with Gasteiger partial charge in [0.2, 0.25) is 5.95 Å². The quantitative estimate of drug-likeness (QED) is 0.809. The van der Waals surface area contributed by atoms with E-state index in [9.17, 15) is 4.79 Å². The Morgan fingerprint density at radius 1 is 0.947 bits per heavy atom.